The van der Waals surface area contributed by atoms with Crippen molar-refractivity contribution in [3.8, 4) is 16.9 Å². The van der Waals surface area contributed by atoms with Gasteiger partial charge >= 0.3 is 6.18 Å². The minimum Gasteiger partial charge on any atom is -0.505 e. The highest BCUT2D eigenvalue weighted by molar-refractivity contribution is 5.78. The topological polar surface area (TPSA) is 45.2 Å². The zero-order valence-corrected chi connectivity index (χ0v) is 12.7. The summed E-state index contributed by atoms with van der Waals surface area (Å²) in [6, 6.07) is 11.7. The second-order valence-electron chi connectivity index (χ2n) is 5.27. The van der Waals surface area contributed by atoms with Crippen molar-refractivity contribution in [1.29, 1.82) is 0 Å². The Morgan fingerprint density at radius 2 is 1.68 bits per heavy atom. The summed E-state index contributed by atoms with van der Waals surface area (Å²) in [6.45, 7) is 0. The Balaban J connectivity index is 1.92. The molecule has 128 valence electrons. The van der Waals surface area contributed by atoms with E-state index in [4.69, 9.17) is 0 Å². The largest absolute Gasteiger partial charge is 0.505 e. The highest BCUT2D eigenvalue weighted by atomic mass is 19.4. The summed E-state index contributed by atoms with van der Waals surface area (Å²) in [5, 5.41) is 12.2. The lowest BCUT2D eigenvalue weighted by molar-refractivity contribution is -0.137. The first-order valence-electron chi connectivity index (χ1n) is 7.23. The molecule has 0 saturated heterocycles. The lowest BCUT2D eigenvalue weighted by Crippen LogP contribution is -2.04. The van der Waals surface area contributed by atoms with Gasteiger partial charge in [0.2, 0.25) is 0 Å². The molecule has 0 radical (unpaired) electrons. The average Bonchev–Trinajstić information content (AvgIpc) is 2.58. The predicted molar refractivity (Wildman–Crippen MR) is 86.0 cm³/mol. The summed E-state index contributed by atoms with van der Waals surface area (Å²) in [7, 11) is 0. The molecule has 1 aromatic heterocycles. The number of hydrogen-bond acceptors (Lipinski definition) is 3. The molecule has 0 spiro atoms. The Labute approximate surface area is 140 Å². The predicted octanol–water partition coefficient (Wildman–Crippen LogP) is 5.36. The quantitative estimate of drug-likeness (QED) is 0.627. The lowest BCUT2D eigenvalue weighted by atomic mass is 10.1. The van der Waals surface area contributed by atoms with E-state index in [0.717, 1.165) is 18.2 Å². The Hall–Kier alpha value is -3.09. The number of halogens is 4. The molecule has 7 heteroatoms. The lowest BCUT2D eigenvalue weighted by Gasteiger charge is -2.12. The summed E-state index contributed by atoms with van der Waals surface area (Å²) in [6.07, 6.45) is -2.90. The van der Waals surface area contributed by atoms with Crippen molar-refractivity contribution in [1.82, 2.24) is 4.98 Å². The van der Waals surface area contributed by atoms with Crippen LogP contribution in [0, 0.1) is 5.82 Å². The molecular formula is C18H12F4N2O. The Morgan fingerprint density at radius 1 is 0.960 bits per heavy atom. The van der Waals surface area contributed by atoms with E-state index < -0.39 is 23.3 Å². The third-order valence-electron chi connectivity index (χ3n) is 3.54. The molecule has 0 bridgehead atoms. The van der Waals surface area contributed by atoms with Crippen LogP contribution in [0.1, 0.15) is 5.56 Å². The number of nitrogens with zero attached hydrogens (tertiary/aromatic N) is 1. The van der Waals surface area contributed by atoms with E-state index in [2.05, 4.69) is 10.3 Å². The highest BCUT2D eigenvalue weighted by Crippen LogP contribution is 2.33. The van der Waals surface area contributed by atoms with Crippen LogP contribution in [0.5, 0.6) is 5.75 Å². The number of pyridine rings is 1. The van der Waals surface area contributed by atoms with Crippen molar-refractivity contribution >= 4 is 11.5 Å². The van der Waals surface area contributed by atoms with Crippen LogP contribution in [-0.4, -0.2) is 10.1 Å². The maximum atomic E-state index is 13.6. The monoisotopic (exact) mass is 348 g/mol. The van der Waals surface area contributed by atoms with E-state index in [1.54, 1.807) is 12.1 Å². The maximum Gasteiger partial charge on any atom is 0.416 e. The first kappa shape index (κ1) is 16.8. The summed E-state index contributed by atoms with van der Waals surface area (Å²) >= 11 is 0. The van der Waals surface area contributed by atoms with Crippen LogP contribution in [0.3, 0.4) is 0 Å². The van der Waals surface area contributed by atoms with Gasteiger partial charge in [0, 0.05) is 17.4 Å². The van der Waals surface area contributed by atoms with Gasteiger partial charge in [-0.15, -0.1) is 0 Å². The van der Waals surface area contributed by atoms with E-state index >= 15 is 0 Å². The van der Waals surface area contributed by atoms with E-state index in [-0.39, 0.29) is 0 Å². The van der Waals surface area contributed by atoms with Crippen molar-refractivity contribution in [2.75, 3.05) is 5.32 Å². The van der Waals surface area contributed by atoms with Gasteiger partial charge in [0.05, 0.1) is 5.56 Å². The first-order chi connectivity index (χ1) is 11.8. The Morgan fingerprint density at radius 3 is 2.32 bits per heavy atom. The number of nitrogens with one attached hydrogen (secondary N) is 1. The smallest absolute Gasteiger partial charge is 0.416 e. The molecule has 0 aliphatic rings. The molecule has 0 saturated carbocycles. The number of hydrogen-bond donors (Lipinski definition) is 2. The van der Waals surface area contributed by atoms with Gasteiger partial charge in [-0.25, -0.2) is 9.37 Å². The molecule has 0 aliphatic carbocycles. The molecule has 3 nitrogen and oxygen atoms in total. The third kappa shape index (κ3) is 3.71. The van der Waals surface area contributed by atoms with Gasteiger partial charge in [0.25, 0.3) is 0 Å². The van der Waals surface area contributed by atoms with Crippen molar-refractivity contribution in [3.05, 3.63) is 72.2 Å². The molecular weight excluding hydrogens is 336 g/mol. The van der Waals surface area contributed by atoms with Crippen LogP contribution >= 0.6 is 0 Å². The molecule has 3 rings (SSSR count). The minimum absolute atomic E-state index is 0.354. The Bertz CT molecular complexity index is 892. The molecule has 1 heterocycles. The molecule has 0 atom stereocenters. The fraction of sp³-hybridized carbons (Fsp3) is 0.0556. The van der Waals surface area contributed by atoms with Gasteiger partial charge in [-0.1, -0.05) is 6.07 Å². The van der Waals surface area contributed by atoms with Crippen LogP contribution in [0.25, 0.3) is 11.1 Å². The highest BCUT2D eigenvalue weighted by Gasteiger charge is 2.29. The first-order valence-corrected chi connectivity index (χ1v) is 7.23. The molecule has 0 fully saturated rings. The van der Waals surface area contributed by atoms with Crippen molar-refractivity contribution in [2.45, 2.75) is 6.18 Å². The third-order valence-corrected chi connectivity index (χ3v) is 3.54. The summed E-state index contributed by atoms with van der Waals surface area (Å²) in [5.41, 5.74) is 0.672. The number of aromatic nitrogens is 1. The van der Waals surface area contributed by atoms with E-state index in [1.165, 1.54) is 30.5 Å². The van der Waals surface area contributed by atoms with Gasteiger partial charge in [-0.3, -0.25) is 0 Å². The standard InChI is InChI=1S/C18H12F4N2O/c19-15-10-11(3-8-16(15)25)14-2-1-9-23-17(14)24-13-6-4-12(5-7-13)18(20,21)22/h1-10,25H,(H,23,24). The number of benzene rings is 2. The van der Waals surface area contributed by atoms with Gasteiger partial charge in [-0.2, -0.15) is 13.2 Å². The van der Waals surface area contributed by atoms with Gasteiger partial charge in [0.1, 0.15) is 5.82 Å². The molecule has 2 aromatic carbocycles. The van der Waals surface area contributed by atoms with E-state index in [9.17, 15) is 22.7 Å². The number of rotatable bonds is 3. The zero-order valence-electron chi connectivity index (χ0n) is 12.7. The fourth-order valence-corrected chi connectivity index (χ4v) is 2.29. The van der Waals surface area contributed by atoms with Crippen molar-refractivity contribution in [3.63, 3.8) is 0 Å². The number of phenolic OH excluding ortho intramolecular Hbond substituents is 1. The number of alkyl halides is 3. The molecule has 3 aromatic rings. The molecule has 0 aliphatic heterocycles. The molecule has 0 unspecified atom stereocenters. The van der Waals surface area contributed by atoms with Gasteiger partial charge in [-0.05, 0) is 54.1 Å². The van der Waals surface area contributed by atoms with Crippen molar-refractivity contribution < 1.29 is 22.7 Å². The van der Waals surface area contributed by atoms with Crippen LogP contribution < -0.4 is 5.32 Å². The van der Waals surface area contributed by atoms with Crippen LogP contribution in [0.15, 0.2) is 60.8 Å². The molecule has 2 N–H and O–H groups in total. The summed E-state index contributed by atoms with van der Waals surface area (Å²) in [4.78, 5) is 4.16. The fourth-order valence-electron chi connectivity index (χ4n) is 2.29. The van der Waals surface area contributed by atoms with Crippen molar-refractivity contribution in [2.24, 2.45) is 0 Å². The number of aromatic hydroxyl groups is 1. The molecule has 25 heavy (non-hydrogen) atoms. The van der Waals surface area contributed by atoms with Crippen LogP contribution in [0.2, 0.25) is 0 Å². The van der Waals surface area contributed by atoms with E-state index in [0.29, 0.717) is 22.6 Å². The summed E-state index contributed by atoms with van der Waals surface area (Å²) < 4.78 is 51.4. The average molecular weight is 348 g/mol. The van der Waals surface area contributed by atoms with Gasteiger partial charge < -0.3 is 10.4 Å². The van der Waals surface area contributed by atoms with Gasteiger partial charge in [0.15, 0.2) is 11.6 Å². The van der Waals surface area contributed by atoms with Crippen LogP contribution in [0.4, 0.5) is 29.1 Å². The zero-order chi connectivity index (χ0) is 18.0. The Kier molecular flexibility index (Phi) is 4.31. The number of anilines is 2. The summed E-state index contributed by atoms with van der Waals surface area (Å²) in [5.74, 6) is -0.890. The second kappa shape index (κ2) is 6.43. The molecule has 0 amide bonds. The number of phenols is 1. The second-order valence-corrected chi connectivity index (χ2v) is 5.27. The minimum atomic E-state index is -4.40. The normalized spacial score (nSPS) is 11.4. The SMILES string of the molecule is Oc1ccc(-c2cccnc2Nc2ccc(C(F)(F)F)cc2)cc1F. The van der Waals surface area contributed by atoms with E-state index in [1.807, 2.05) is 0 Å². The maximum absolute atomic E-state index is 13.6. The van der Waals surface area contributed by atoms with Crippen LogP contribution in [-0.2, 0) is 6.18 Å².